The van der Waals surface area contributed by atoms with Crippen LogP contribution in [0, 0.1) is 6.92 Å². The van der Waals surface area contributed by atoms with Crippen molar-refractivity contribution in [1.29, 1.82) is 0 Å². The maximum Gasteiger partial charge on any atom is 0.410 e. The molecule has 2 N–H and O–H groups in total. The van der Waals surface area contributed by atoms with Gasteiger partial charge in [-0.15, -0.1) is 0 Å². The number of carbonyl (C=O) groups excluding carboxylic acids is 1. The molecule has 0 bridgehead atoms. The highest BCUT2D eigenvalue weighted by atomic mass is 19.4. The van der Waals surface area contributed by atoms with Gasteiger partial charge in [0, 0.05) is 6.42 Å². The summed E-state index contributed by atoms with van der Waals surface area (Å²) in [7, 11) is 0. The van der Waals surface area contributed by atoms with Crippen LogP contribution in [-0.4, -0.2) is 21.9 Å². The maximum atomic E-state index is 13.8. The Hall–Kier alpha value is -3.23. The van der Waals surface area contributed by atoms with Crippen molar-refractivity contribution in [3.05, 3.63) is 70.8 Å². The fraction of sp³-hybridized carbons (Fsp3) is 0.364. The Bertz CT molecular complexity index is 1070. The first-order valence-corrected chi connectivity index (χ1v) is 10.1. The second-order valence-corrected chi connectivity index (χ2v) is 7.63. The van der Waals surface area contributed by atoms with Crippen LogP contribution in [0.15, 0.2) is 47.0 Å². The van der Waals surface area contributed by atoms with Crippen LogP contribution in [0.3, 0.4) is 0 Å². The molecule has 3 heterocycles. The van der Waals surface area contributed by atoms with E-state index in [1.807, 2.05) is 31.2 Å². The van der Waals surface area contributed by atoms with Gasteiger partial charge in [-0.25, -0.2) is 4.68 Å². The number of rotatable bonds is 5. The number of nitrogens with one attached hydrogen (secondary N) is 2. The number of aromatic nitrogens is 2. The SMILES string of the molecule is CCc1ccc([C@@H]2C[C@H](C(F)(F)F)n3ncc(C(=O)NCc4ccc(C)o4)c3N2)cc1. The summed E-state index contributed by atoms with van der Waals surface area (Å²) in [5.41, 5.74) is 1.90. The normalized spacial score (nSPS) is 18.4. The van der Waals surface area contributed by atoms with Crippen molar-refractivity contribution >= 4 is 11.7 Å². The molecule has 0 saturated carbocycles. The Morgan fingerprint density at radius 2 is 2.00 bits per heavy atom. The van der Waals surface area contributed by atoms with Crippen LogP contribution in [0.4, 0.5) is 19.0 Å². The van der Waals surface area contributed by atoms with Crippen molar-refractivity contribution < 1.29 is 22.4 Å². The molecule has 1 aliphatic heterocycles. The van der Waals surface area contributed by atoms with Crippen LogP contribution < -0.4 is 10.6 Å². The number of anilines is 1. The average molecular weight is 432 g/mol. The highest BCUT2D eigenvalue weighted by molar-refractivity contribution is 5.98. The van der Waals surface area contributed by atoms with E-state index < -0.39 is 24.2 Å². The van der Waals surface area contributed by atoms with Gasteiger partial charge in [-0.1, -0.05) is 31.2 Å². The Balaban J connectivity index is 1.61. The summed E-state index contributed by atoms with van der Waals surface area (Å²) in [5.74, 6) is 0.803. The molecule has 31 heavy (non-hydrogen) atoms. The summed E-state index contributed by atoms with van der Waals surface area (Å²) in [4.78, 5) is 12.7. The van der Waals surface area contributed by atoms with Crippen molar-refractivity contribution in [2.24, 2.45) is 0 Å². The van der Waals surface area contributed by atoms with Crippen molar-refractivity contribution in [2.45, 2.75) is 51.5 Å². The highest BCUT2D eigenvalue weighted by Gasteiger charge is 2.47. The summed E-state index contributed by atoms with van der Waals surface area (Å²) in [6, 6.07) is 8.55. The van der Waals surface area contributed by atoms with Crippen molar-refractivity contribution in [1.82, 2.24) is 15.1 Å². The number of amides is 1. The lowest BCUT2D eigenvalue weighted by molar-refractivity contribution is -0.173. The second-order valence-electron chi connectivity index (χ2n) is 7.63. The quantitative estimate of drug-likeness (QED) is 0.599. The number of carbonyl (C=O) groups is 1. The number of halogens is 3. The van der Waals surface area contributed by atoms with E-state index in [1.54, 1.807) is 19.1 Å². The third-order valence-corrected chi connectivity index (χ3v) is 5.49. The molecule has 0 radical (unpaired) electrons. The monoisotopic (exact) mass is 432 g/mol. The minimum absolute atomic E-state index is 0.0614. The van der Waals surface area contributed by atoms with E-state index in [0.29, 0.717) is 11.5 Å². The Morgan fingerprint density at radius 1 is 1.26 bits per heavy atom. The lowest BCUT2D eigenvalue weighted by atomic mass is 9.95. The average Bonchev–Trinajstić information content (AvgIpc) is 3.36. The second kappa shape index (κ2) is 8.13. The van der Waals surface area contributed by atoms with Gasteiger partial charge in [0.05, 0.1) is 18.8 Å². The Labute approximate surface area is 177 Å². The summed E-state index contributed by atoms with van der Waals surface area (Å²) in [6.45, 7) is 3.93. The van der Waals surface area contributed by atoms with Gasteiger partial charge in [0.25, 0.3) is 5.91 Å². The smallest absolute Gasteiger partial charge is 0.410 e. The summed E-state index contributed by atoms with van der Waals surface area (Å²) >= 11 is 0. The fourth-order valence-corrected chi connectivity index (χ4v) is 3.78. The number of hydrogen-bond acceptors (Lipinski definition) is 4. The Morgan fingerprint density at radius 3 is 2.61 bits per heavy atom. The van der Waals surface area contributed by atoms with Crippen LogP contribution in [0.5, 0.6) is 0 Å². The van der Waals surface area contributed by atoms with E-state index in [-0.39, 0.29) is 24.3 Å². The first kappa shape index (κ1) is 21.0. The van der Waals surface area contributed by atoms with Gasteiger partial charge < -0.3 is 15.1 Å². The number of hydrogen-bond donors (Lipinski definition) is 2. The topological polar surface area (TPSA) is 72.1 Å². The summed E-state index contributed by atoms with van der Waals surface area (Å²) in [6.07, 6.45) is -2.69. The predicted molar refractivity (Wildman–Crippen MR) is 109 cm³/mol. The lowest BCUT2D eigenvalue weighted by Gasteiger charge is -2.34. The molecule has 1 aliphatic rings. The van der Waals surface area contributed by atoms with E-state index >= 15 is 0 Å². The zero-order valence-corrected chi connectivity index (χ0v) is 17.2. The van der Waals surface area contributed by atoms with Crippen molar-refractivity contribution in [3.63, 3.8) is 0 Å². The third-order valence-electron chi connectivity index (χ3n) is 5.49. The molecule has 1 aromatic carbocycles. The van der Waals surface area contributed by atoms with E-state index in [0.717, 1.165) is 22.2 Å². The molecule has 2 atom stereocenters. The van der Waals surface area contributed by atoms with Gasteiger partial charge >= 0.3 is 6.18 Å². The zero-order chi connectivity index (χ0) is 22.2. The summed E-state index contributed by atoms with van der Waals surface area (Å²) < 4.78 is 47.7. The molecule has 6 nitrogen and oxygen atoms in total. The fourth-order valence-electron chi connectivity index (χ4n) is 3.78. The minimum atomic E-state index is -4.50. The van der Waals surface area contributed by atoms with Crippen LogP contribution in [-0.2, 0) is 13.0 Å². The molecule has 164 valence electrons. The van der Waals surface area contributed by atoms with Crippen molar-refractivity contribution in [3.8, 4) is 0 Å². The van der Waals surface area contributed by atoms with Gasteiger partial charge in [0.15, 0.2) is 6.04 Å². The van der Waals surface area contributed by atoms with Gasteiger partial charge in [-0.2, -0.15) is 18.3 Å². The molecule has 4 rings (SSSR count). The minimum Gasteiger partial charge on any atom is -0.465 e. The van der Waals surface area contributed by atoms with E-state index in [2.05, 4.69) is 15.7 Å². The number of benzene rings is 1. The van der Waals surface area contributed by atoms with E-state index in [9.17, 15) is 18.0 Å². The number of fused-ring (bicyclic) bond motifs is 1. The number of furan rings is 1. The van der Waals surface area contributed by atoms with E-state index in [1.165, 1.54) is 6.20 Å². The molecule has 1 amide bonds. The third kappa shape index (κ3) is 4.30. The molecule has 2 aromatic heterocycles. The van der Waals surface area contributed by atoms with E-state index in [4.69, 9.17) is 4.42 Å². The molecular formula is C22H23F3N4O2. The standard InChI is InChI=1S/C22H23F3N4O2/c1-3-14-5-7-15(8-6-14)18-10-19(22(23,24)25)29-20(28-18)17(12-27-29)21(30)26-11-16-9-4-13(2)31-16/h4-9,12,18-19,28H,3,10-11H2,1-2H3,(H,26,30)/t18-,19+/m0/s1. The molecule has 3 aromatic rings. The maximum absolute atomic E-state index is 13.8. The van der Waals surface area contributed by atoms with Gasteiger partial charge in [0.1, 0.15) is 22.9 Å². The number of alkyl halides is 3. The molecule has 9 heteroatoms. The lowest BCUT2D eigenvalue weighted by Crippen LogP contribution is -2.36. The largest absolute Gasteiger partial charge is 0.465 e. The molecular weight excluding hydrogens is 409 g/mol. The Kier molecular flexibility index (Phi) is 5.51. The van der Waals surface area contributed by atoms with Gasteiger partial charge in [0.2, 0.25) is 0 Å². The molecule has 0 saturated heterocycles. The molecule has 0 spiro atoms. The number of nitrogens with zero attached hydrogens (tertiary/aromatic N) is 2. The molecule has 0 fully saturated rings. The summed E-state index contributed by atoms with van der Waals surface area (Å²) in [5, 5.41) is 9.67. The molecule has 0 aliphatic carbocycles. The zero-order valence-electron chi connectivity index (χ0n) is 17.2. The van der Waals surface area contributed by atoms with Crippen LogP contribution in [0.25, 0.3) is 0 Å². The van der Waals surface area contributed by atoms with Gasteiger partial charge in [-0.3, -0.25) is 4.79 Å². The number of aryl methyl sites for hydroxylation is 2. The highest BCUT2D eigenvalue weighted by Crippen LogP contribution is 2.44. The van der Waals surface area contributed by atoms with Gasteiger partial charge in [-0.05, 0) is 36.6 Å². The van der Waals surface area contributed by atoms with Crippen LogP contribution in [0.2, 0.25) is 0 Å². The molecule has 0 unspecified atom stereocenters. The first-order chi connectivity index (χ1) is 14.8. The van der Waals surface area contributed by atoms with Crippen LogP contribution >= 0.6 is 0 Å². The predicted octanol–water partition coefficient (Wildman–Crippen LogP) is 4.94. The van der Waals surface area contributed by atoms with Crippen molar-refractivity contribution in [2.75, 3.05) is 5.32 Å². The van der Waals surface area contributed by atoms with Crippen LogP contribution in [0.1, 0.15) is 58.4 Å². The first-order valence-electron chi connectivity index (χ1n) is 10.1.